The third-order valence-corrected chi connectivity index (χ3v) is 3.40. The number of hydrogen-bond acceptors (Lipinski definition) is 3. The highest BCUT2D eigenvalue weighted by atomic mass is 35.5. The summed E-state index contributed by atoms with van der Waals surface area (Å²) in [6.07, 6.45) is 0.660. The molecule has 0 aliphatic rings. The lowest BCUT2D eigenvalue weighted by atomic mass is 10.0. The predicted molar refractivity (Wildman–Crippen MR) is 76.8 cm³/mol. The van der Waals surface area contributed by atoms with E-state index < -0.39 is 12.1 Å². The molecule has 1 aromatic heterocycles. The van der Waals surface area contributed by atoms with Crippen molar-refractivity contribution in [2.45, 2.75) is 26.0 Å². The monoisotopic (exact) mass is 293 g/mol. The van der Waals surface area contributed by atoms with Gasteiger partial charge in [-0.1, -0.05) is 23.7 Å². The number of carbonyl (C=O) groups is 1. The Bertz CT molecular complexity index is 591. The molecule has 0 saturated carbocycles. The zero-order valence-electron chi connectivity index (χ0n) is 11.3. The summed E-state index contributed by atoms with van der Waals surface area (Å²) in [6.45, 7) is 3.46. The van der Waals surface area contributed by atoms with Gasteiger partial charge in [-0.05, 0) is 37.6 Å². The Balaban J connectivity index is 2.04. The average Bonchev–Trinajstić information content (AvgIpc) is 2.85. The van der Waals surface area contributed by atoms with E-state index >= 15 is 0 Å². The predicted octanol–water partition coefficient (Wildman–Crippen LogP) is 3.09. The molecule has 2 aromatic rings. The molecule has 0 aliphatic heterocycles. The molecule has 1 aromatic carbocycles. The van der Waals surface area contributed by atoms with Crippen molar-refractivity contribution in [1.82, 2.24) is 5.32 Å². The molecular weight excluding hydrogens is 278 g/mol. The van der Waals surface area contributed by atoms with Crippen LogP contribution < -0.4 is 5.32 Å². The van der Waals surface area contributed by atoms with Crippen molar-refractivity contribution in [3.05, 3.63) is 58.5 Å². The fourth-order valence-electron chi connectivity index (χ4n) is 1.93. The molecule has 2 N–H and O–H groups in total. The minimum Gasteiger partial charge on any atom is -0.469 e. The molecule has 2 atom stereocenters. The summed E-state index contributed by atoms with van der Waals surface area (Å²) in [5.74, 6) is 0.285. The Kier molecular flexibility index (Phi) is 4.47. The van der Waals surface area contributed by atoms with Crippen LogP contribution in [0, 0.1) is 6.92 Å². The van der Waals surface area contributed by atoms with E-state index in [1.165, 1.54) is 6.26 Å². The number of rotatable bonds is 4. The Labute approximate surface area is 122 Å². The number of nitrogens with one attached hydrogen (secondary N) is 1. The van der Waals surface area contributed by atoms with E-state index in [-0.39, 0.29) is 5.91 Å². The standard InChI is InChI=1S/C15H16ClNO3/c1-9(14(18)11-3-5-12(16)6-4-11)17-15(19)13-7-8-20-10(13)2/h3-9,14,18H,1-2H3,(H,17,19). The first-order valence-corrected chi connectivity index (χ1v) is 6.65. The fraction of sp³-hybridized carbons (Fsp3) is 0.267. The van der Waals surface area contributed by atoms with Crippen LogP contribution in [0.3, 0.4) is 0 Å². The van der Waals surface area contributed by atoms with Crippen molar-refractivity contribution in [2.24, 2.45) is 0 Å². The number of aryl methyl sites for hydroxylation is 1. The maximum atomic E-state index is 12.0. The van der Waals surface area contributed by atoms with E-state index in [0.29, 0.717) is 21.9 Å². The second kappa shape index (κ2) is 6.11. The maximum Gasteiger partial charge on any atom is 0.255 e. The number of benzene rings is 1. The number of halogens is 1. The topological polar surface area (TPSA) is 62.5 Å². The molecule has 1 heterocycles. The first-order valence-electron chi connectivity index (χ1n) is 6.27. The van der Waals surface area contributed by atoms with E-state index in [4.69, 9.17) is 16.0 Å². The van der Waals surface area contributed by atoms with Gasteiger partial charge in [0.2, 0.25) is 0 Å². The normalized spacial score (nSPS) is 13.8. The van der Waals surface area contributed by atoms with Crippen LogP contribution in [0.5, 0.6) is 0 Å². The minimum atomic E-state index is -0.802. The van der Waals surface area contributed by atoms with Crippen LogP contribution in [0.25, 0.3) is 0 Å². The summed E-state index contributed by atoms with van der Waals surface area (Å²) < 4.78 is 5.09. The quantitative estimate of drug-likeness (QED) is 0.910. The molecule has 5 heteroatoms. The Morgan fingerprint density at radius 2 is 1.95 bits per heavy atom. The molecule has 2 rings (SSSR count). The summed E-state index contributed by atoms with van der Waals surface area (Å²) >= 11 is 5.80. The van der Waals surface area contributed by atoms with E-state index in [2.05, 4.69) is 5.32 Å². The highest BCUT2D eigenvalue weighted by Crippen LogP contribution is 2.20. The van der Waals surface area contributed by atoms with Crippen molar-refractivity contribution in [3.63, 3.8) is 0 Å². The van der Waals surface area contributed by atoms with Crippen molar-refractivity contribution in [1.29, 1.82) is 0 Å². The first kappa shape index (κ1) is 14.6. The molecule has 0 radical (unpaired) electrons. The SMILES string of the molecule is Cc1occc1C(=O)NC(C)C(O)c1ccc(Cl)cc1. The van der Waals surface area contributed by atoms with Gasteiger partial charge in [0.05, 0.1) is 24.0 Å². The van der Waals surface area contributed by atoms with Gasteiger partial charge in [0.1, 0.15) is 5.76 Å². The number of amides is 1. The van der Waals surface area contributed by atoms with Crippen molar-refractivity contribution in [2.75, 3.05) is 0 Å². The molecule has 2 unspecified atom stereocenters. The third kappa shape index (κ3) is 3.21. The van der Waals surface area contributed by atoms with Gasteiger partial charge in [-0.3, -0.25) is 4.79 Å². The summed E-state index contributed by atoms with van der Waals surface area (Å²) in [6, 6.07) is 8.05. The number of aliphatic hydroxyl groups excluding tert-OH is 1. The summed E-state index contributed by atoms with van der Waals surface area (Å²) in [4.78, 5) is 12.0. The Morgan fingerprint density at radius 1 is 1.30 bits per heavy atom. The van der Waals surface area contributed by atoms with Crippen LogP contribution in [0.15, 0.2) is 41.0 Å². The zero-order chi connectivity index (χ0) is 14.7. The summed E-state index contributed by atoms with van der Waals surface area (Å²) in [5, 5.41) is 13.6. The number of carbonyl (C=O) groups excluding carboxylic acids is 1. The van der Waals surface area contributed by atoms with Crippen molar-refractivity contribution >= 4 is 17.5 Å². The fourth-order valence-corrected chi connectivity index (χ4v) is 2.06. The smallest absolute Gasteiger partial charge is 0.255 e. The van der Waals surface area contributed by atoms with Gasteiger partial charge in [-0.15, -0.1) is 0 Å². The van der Waals surface area contributed by atoms with Gasteiger partial charge in [-0.2, -0.15) is 0 Å². The molecule has 0 saturated heterocycles. The maximum absolute atomic E-state index is 12.0. The Morgan fingerprint density at radius 3 is 2.50 bits per heavy atom. The molecule has 0 aliphatic carbocycles. The highest BCUT2D eigenvalue weighted by Gasteiger charge is 2.20. The third-order valence-electron chi connectivity index (χ3n) is 3.15. The van der Waals surface area contributed by atoms with Gasteiger partial charge < -0.3 is 14.8 Å². The first-order chi connectivity index (χ1) is 9.49. The highest BCUT2D eigenvalue weighted by molar-refractivity contribution is 6.30. The molecule has 106 valence electrons. The van der Waals surface area contributed by atoms with Crippen LogP contribution in [-0.4, -0.2) is 17.1 Å². The molecule has 20 heavy (non-hydrogen) atoms. The zero-order valence-corrected chi connectivity index (χ0v) is 12.0. The minimum absolute atomic E-state index is 0.267. The van der Waals surface area contributed by atoms with Gasteiger partial charge in [-0.25, -0.2) is 0 Å². The molecule has 1 amide bonds. The second-order valence-corrected chi connectivity index (χ2v) is 5.09. The van der Waals surface area contributed by atoms with Gasteiger partial charge in [0.15, 0.2) is 0 Å². The lowest BCUT2D eigenvalue weighted by molar-refractivity contribution is 0.0850. The number of hydrogen-bond donors (Lipinski definition) is 2. The average molecular weight is 294 g/mol. The summed E-state index contributed by atoms with van der Waals surface area (Å²) in [5.41, 5.74) is 1.17. The molecule has 0 fully saturated rings. The molecular formula is C15H16ClNO3. The van der Waals surface area contributed by atoms with Crippen LogP contribution in [0.2, 0.25) is 5.02 Å². The lowest BCUT2D eigenvalue weighted by Crippen LogP contribution is -2.37. The van der Waals surface area contributed by atoms with Crippen LogP contribution >= 0.6 is 11.6 Å². The van der Waals surface area contributed by atoms with E-state index in [0.717, 1.165) is 0 Å². The van der Waals surface area contributed by atoms with Crippen LogP contribution in [0.1, 0.15) is 34.7 Å². The van der Waals surface area contributed by atoms with Crippen LogP contribution in [-0.2, 0) is 0 Å². The largest absolute Gasteiger partial charge is 0.469 e. The van der Waals surface area contributed by atoms with E-state index in [9.17, 15) is 9.90 Å². The number of furan rings is 1. The van der Waals surface area contributed by atoms with E-state index in [1.54, 1.807) is 44.2 Å². The second-order valence-electron chi connectivity index (χ2n) is 4.65. The van der Waals surface area contributed by atoms with Gasteiger partial charge >= 0.3 is 0 Å². The van der Waals surface area contributed by atoms with Gasteiger partial charge in [0, 0.05) is 5.02 Å². The lowest BCUT2D eigenvalue weighted by Gasteiger charge is -2.20. The molecule has 4 nitrogen and oxygen atoms in total. The van der Waals surface area contributed by atoms with Crippen molar-refractivity contribution < 1.29 is 14.3 Å². The van der Waals surface area contributed by atoms with Crippen molar-refractivity contribution in [3.8, 4) is 0 Å². The molecule has 0 bridgehead atoms. The Hall–Kier alpha value is -1.78. The molecule has 0 spiro atoms. The van der Waals surface area contributed by atoms with Gasteiger partial charge in [0.25, 0.3) is 5.91 Å². The van der Waals surface area contributed by atoms with Crippen LogP contribution in [0.4, 0.5) is 0 Å². The number of aliphatic hydroxyl groups is 1. The summed E-state index contributed by atoms with van der Waals surface area (Å²) in [7, 11) is 0. The van der Waals surface area contributed by atoms with E-state index in [1.807, 2.05) is 0 Å².